The van der Waals surface area contributed by atoms with E-state index in [2.05, 4.69) is 207 Å². The second kappa shape index (κ2) is 12.5. The van der Waals surface area contributed by atoms with Gasteiger partial charge in [-0.15, -0.1) is 11.3 Å². The Hall–Kier alpha value is -6.94. The molecule has 11 aromatic rings. The van der Waals surface area contributed by atoms with Crippen molar-refractivity contribution in [3.8, 4) is 33.4 Å². The molecule has 0 fully saturated rings. The van der Waals surface area contributed by atoms with Crippen molar-refractivity contribution in [2.45, 2.75) is 19.3 Å². The molecular weight excluding hydrogens is 723 g/mol. The first-order valence-electron chi connectivity index (χ1n) is 20.0. The van der Waals surface area contributed by atoms with Crippen LogP contribution in [0.15, 0.2) is 192 Å². The summed E-state index contributed by atoms with van der Waals surface area (Å²) < 4.78 is 9.21. The van der Waals surface area contributed by atoms with Crippen LogP contribution in [0.4, 0.5) is 17.1 Å². The highest BCUT2D eigenvalue weighted by atomic mass is 32.1. The topological polar surface area (TPSA) is 16.4 Å². The predicted molar refractivity (Wildman–Crippen MR) is 247 cm³/mol. The second-order valence-electron chi connectivity index (χ2n) is 16.1. The molecule has 3 heteroatoms. The molecule has 0 spiro atoms. The highest BCUT2D eigenvalue weighted by Crippen LogP contribution is 2.52. The van der Waals surface area contributed by atoms with Crippen LogP contribution in [0.2, 0.25) is 0 Å². The Balaban J connectivity index is 1.06. The Kier molecular flexibility index (Phi) is 7.18. The Bertz CT molecular complexity index is 3420. The smallest absolute Gasteiger partial charge is 0.136 e. The predicted octanol–water partition coefficient (Wildman–Crippen LogP) is 16.2. The van der Waals surface area contributed by atoms with E-state index in [1.54, 1.807) is 0 Å². The molecule has 2 nitrogen and oxygen atoms in total. The maximum Gasteiger partial charge on any atom is 0.136 e. The molecule has 1 aliphatic carbocycles. The van der Waals surface area contributed by atoms with Crippen molar-refractivity contribution >= 4 is 81.3 Å². The van der Waals surface area contributed by atoms with Crippen molar-refractivity contribution in [3.05, 3.63) is 199 Å². The van der Waals surface area contributed by atoms with E-state index in [9.17, 15) is 0 Å². The molecule has 0 unspecified atom stereocenters. The molecule has 0 amide bonds. The van der Waals surface area contributed by atoms with E-state index in [1.165, 1.54) is 75.5 Å². The van der Waals surface area contributed by atoms with Crippen LogP contribution in [0, 0.1) is 0 Å². The first-order valence-corrected chi connectivity index (χ1v) is 20.8. The van der Waals surface area contributed by atoms with Crippen LogP contribution in [0.3, 0.4) is 0 Å². The number of hydrogen-bond acceptors (Lipinski definition) is 3. The molecule has 12 rings (SSSR count). The summed E-state index contributed by atoms with van der Waals surface area (Å²) in [5.74, 6) is 0. The molecule has 0 saturated carbocycles. The SMILES string of the molecule is CC1(C)c2ccccc2-c2ccc3ccc(-c4cccc5oc6ccc(N(c7ccc(-c8ccccc8)cc7)c7cccc8c7sc7ccccc78)cc6c45)cc3c21. The van der Waals surface area contributed by atoms with Crippen molar-refractivity contribution in [1.29, 1.82) is 0 Å². The maximum atomic E-state index is 6.66. The third-order valence-corrected chi connectivity index (χ3v) is 13.7. The molecule has 0 bridgehead atoms. The molecule has 0 N–H and O–H groups in total. The lowest BCUT2D eigenvalue weighted by Crippen LogP contribution is -2.15. The normalized spacial score (nSPS) is 13.1. The van der Waals surface area contributed by atoms with Crippen molar-refractivity contribution in [1.82, 2.24) is 0 Å². The summed E-state index contributed by atoms with van der Waals surface area (Å²) in [5.41, 5.74) is 15.2. The molecule has 0 aliphatic heterocycles. The minimum Gasteiger partial charge on any atom is -0.456 e. The largest absolute Gasteiger partial charge is 0.456 e. The van der Waals surface area contributed by atoms with Crippen molar-refractivity contribution in [2.24, 2.45) is 0 Å². The molecule has 9 aromatic carbocycles. The summed E-state index contributed by atoms with van der Waals surface area (Å²) in [6.45, 7) is 4.74. The van der Waals surface area contributed by atoms with Gasteiger partial charge in [0.05, 0.1) is 10.4 Å². The average molecular weight is 760 g/mol. The number of fused-ring (bicyclic) bond motifs is 11. The molecule has 1 aliphatic rings. The summed E-state index contributed by atoms with van der Waals surface area (Å²) >= 11 is 1.86. The first-order chi connectivity index (χ1) is 28.5. The third kappa shape index (κ3) is 4.90. The molecule has 0 radical (unpaired) electrons. The van der Waals surface area contributed by atoms with Crippen LogP contribution in [-0.4, -0.2) is 0 Å². The van der Waals surface area contributed by atoms with Gasteiger partial charge >= 0.3 is 0 Å². The number of hydrogen-bond donors (Lipinski definition) is 0. The lowest BCUT2D eigenvalue weighted by Gasteiger charge is -2.26. The molecule has 58 heavy (non-hydrogen) atoms. The van der Waals surface area contributed by atoms with Crippen LogP contribution in [-0.2, 0) is 5.41 Å². The zero-order chi connectivity index (χ0) is 38.5. The second-order valence-corrected chi connectivity index (χ2v) is 17.1. The molecule has 2 heterocycles. The van der Waals surface area contributed by atoms with Crippen LogP contribution >= 0.6 is 11.3 Å². The fraction of sp³-hybridized carbons (Fsp3) is 0.0545. The summed E-state index contributed by atoms with van der Waals surface area (Å²) in [4.78, 5) is 2.42. The molecular formula is C55H37NOS. The van der Waals surface area contributed by atoms with Gasteiger partial charge in [-0.1, -0.05) is 147 Å². The van der Waals surface area contributed by atoms with Gasteiger partial charge in [-0.2, -0.15) is 0 Å². The minimum absolute atomic E-state index is 0.104. The fourth-order valence-electron chi connectivity index (χ4n) is 9.75. The van der Waals surface area contributed by atoms with Crippen LogP contribution in [0.25, 0.3) is 86.3 Å². The highest BCUT2D eigenvalue weighted by molar-refractivity contribution is 7.26. The van der Waals surface area contributed by atoms with Gasteiger partial charge < -0.3 is 9.32 Å². The number of anilines is 3. The van der Waals surface area contributed by atoms with Gasteiger partial charge in [0, 0.05) is 43.0 Å². The quantitative estimate of drug-likeness (QED) is 0.174. The van der Waals surface area contributed by atoms with Crippen LogP contribution < -0.4 is 4.90 Å². The Morgan fingerprint density at radius 1 is 0.466 bits per heavy atom. The molecule has 0 atom stereocenters. The molecule has 2 aromatic heterocycles. The summed E-state index contributed by atoms with van der Waals surface area (Å²) in [7, 11) is 0. The number of furan rings is 1. The third-order valence-electron chi connectivity index (χ3n) is 12.4. The van der Waals surface area contributed by atoms with Gasteiger partial charge in [-0.3, -0.25) is 0 Å². The maximum absolute atomic E-state index is 6.66. The van der Waals surface area contributed by atoms with Gasteiger partial charge in [0.15, 0.2) is 0 Å². The number of rotatable bonds is 5. The summed E-state index contributed by atoms with van der Waals surface area (Å²) in [6.07, 6.45) is 0. The van der Waals surface area contributed by atoms with E-state index < -0.39 is 0 Å². The Morgan fingerprint density at radius 2 is 1.17 bits per heavy atom. The van der Waals surface area contributed by atoms with Crippen LogP contribution in [0.5, 0.6) is 0 Å². The minimum atomic E-state index is -0.104. The van der Waals surface area contributed by atoms with E-state index in [0.717, 1.165) is 39.0 Å². The van der Waals surface area contributed by atoms with Crippen molar-refractivity contribution in [2.75, 3.05) is 4.90 Å². The van der Waals surface area contributed by atoms with Gasteiger partial charge in [-0.05, 0) is 110 Å². The zero-order valence-corrected chi connectivity index (χ0v) is 33.0. The monoisotopic (exact) mass is 759 g/mol. The summed E-state index contributed by atoms with van der Waals surface area (Å²) in [5, 5.41) is 7.37. The van der Waals surface area contributed by atoms with E-state index in [-0.39, 0.29) is 5.41 Å². The van der Waals surface area contributed by atoms with Gasteiger partial charge in [-0.25, -0.2) is 0 Å². The van der Waals surface area contributed by atoms with E-state index in [0.29, 0.717) is 0 Å². The van der Waals surface area contributed by atoms with Gasteiger partial charge in [0.25, 0.3) is 0 Å². The van der Waals surface area contributed by atoms with Gasteiger partial charge in [0.2, 0.25) is 0 Å². The zero-order valence-electron chi connectivity index (χ0n) is 32.2. The molecule has 274 valence electrons. The van der Waals surface area contributed by atoms with Gasteiger partial charge in [0.1, 0.15) is 11.2 Å². The van der Waals surface area contributed by atoms with Crippen molar-refractivity contribution in [3.63, 3.8) is 0 Å². The number of thiophene rings is 1. The standard InChI is InChI=1S/C55H37NOS/c1-55(2)47-18-8-6-14-41(47)43-30-26-36-22-23-37(32-45(36)53(43)55)40-16-11-20-50-52(40)46-33-39(29-31-49(46)57-50)56(38-27-24-35(25-28-38)34-12-4-3-5-13-34)48-19-10-17-44-42-15-7-9-21-51(42)58-54(44)48/h3-33H,1-2H3. The fourth-order valence-corrected chi connectivity index (χ4v) is 11.0. The van der Waals surface area contributed by atoms with E-state index in [1.807, 2.05) is 11.3 Å². The number of nitrogens with zero attached hydrogens (tertiary/aromatic N) is 1. The van der Waals surface area contributed by atoms with Crippen molar-refractivity contribution < 1.29 is 4.42 Å². The lowest BCUT2D eigenvalue weighted by molar-refractivity contribution is 0.666. The lowest BCUT2D eigenvalue weighted by atomic mass is 9.80. The Morgan fingerprint density at radius 3 is 2.07 bits per heavy atom. The van der Waals surface area contributed by atoms with Crippen LogP contribution in [0.1, 0.15) is 25.0 Å². The Labute approximate surface area is 340 Å². The average Bonchev–Trinajstić information content (AvgIpc) is 3.92. The number of benzene rings is 9. The van der Waals surface area contributed by atoms with E-state index in [4.69, 9.17) is 4.42 Å². The molecule has 0 saturated heterocycles. The first kappa shape index (κ1) is 33.2. The van der Waals surface area contributed by atoms with E-state index >= 15 is 0 Å². The highest BCUT2D eigenvalue weighted by Gasteiger charge is 2.36. The summed E-state index contributed by atoms with van der Waals surface area (Å²) in [6, 6.07) is 68.7.